The molecule has 0 aliphatic carbocycles. The van der Waals surface area contributed by atoms with Gasteiger partial charge in [0.25, 0.3) is 5.91 Å². The number of alkyl halides is 3. The van der Waals surface area contributed by atoms with Gasteiger partial charge in [-0.3, -0.25) is 9.10 Å². The number of amides is 1. The van der Waals surface area contributed by atoms with Crippen molar-refractivity contribution in [1.29, 1.82) is 0 Å². The third-order valence-electron chi connectivity index (χ3n) is 4.19. The molecule has 27 heavy (non-hydrogen) atoms. The fourth-order valence-electron chi connectivity index (χ4n) is 2.86. The van der Waals surface area contributed by atoms with Crippen LogP contribution < -0.4 is 9.62 Å². The molecule has 0 spiro atoms. The van der Waals surface area contributed by atoms with Gasteiger partial charge >= 0.3 is 6.18 Å². The van der Waals surface area contributed by atoms with E-state index in [1.807, 2.05) is 0 Å². The van der Waals surface area contributed by atoms with Gasteiger partial charge in [-0.25, -0.2) is 8.42 Å². The maximum absolute atomic E-state index is 12.8. The summed E-state index contributed by atoms with van der Waals surface area (Å²) in [6.45, 7) is 0.334. The van der Waals surface area contributed by atoms with Crippen molar-refractivity contribution < 1.29 is 26.4 Å². The van der Waals surface area contributed by atoms with Gasteiger partial charge in [-0.15, -0.1) is 0 Å². The molecule has 9 heteroatoms. The van der Waals surface area contributed by atoms with Crippen molar-refractivity contribution in [2.24, 2.45) is 0 Å². The summed E-state index contributed by atoms with van der Waals surface area (Å²) < 4.78 is 64.0. The molecule has 1 saturated heterocycles. The van der Waals surface area contributed by atoms with Gasteiger partial charge in [0.1, 0.15) is 0 Å². The fourth-order valence-corrected chi connectivity index (χ4v) is 4.49. The first kappa shape index (κ1) is 19.2. The van der Waals surface area contributed by atoms with Crippen molar-refractivity contribution in [1.82, 2.24) is 0 Å². The van der Waals surface area contributed by atoms with E-state index in [0.717, 1.165) is 18.6 Å². The molecule has 0 bridgehead atoms. The number of anilines is 2. The molecular weight excluding hydrogens is 381 g/mol. The molecule has 1 heterocycles. The van der Waals surface area contributed by atoms with Crippen molar-refractivity contribution in [2.45, 2.75) is 19.0 Å². The van der Waals surface area contributed by atoms with Crippen molar-refractivity contribution in [3.8, 4) is 0 Å². The zero-order valence-electron chi connectivity index (χ0n) is 14.2. The Kier molecular flexibility index (Phi) is 5.14. The standard InChI is InChI=1S/C18H17F3N2O3S/c19-18(20,21)14-6-4-7-15(12-14)22-17(24)13-5-3-8-16(11-13)23-9-1-2-10-27(23,25)26/h3-8,11-12H,1-2,9-10H2,(H,22,24). The van der Waals surface area contributed by atoms with E-state index in [1.165, 1.54) is 28.6 Å². The predicted octanol–water partition coefficient (Wildman–Crippen LogP) is 3.89. The minimum atomic E-state index is -4.51. The Bertz CT molecular complexity index is 958. The van der Waals surface area contributed by atoms with Gasteiger partial charge in [-0.1, -0.05) is 12.1 Å². The molecule has 1 N–H and O–H groups in total. The average Bonchev–Trinajstić information content (AvgIpc) is 2.61. The van der Waals surface area contributed by atoms with Crippen LogP contribution in [0, 0.1) is 0 Å². The number of halogens is 3. The number of hydrogen-bond acceptors (Lipinski definition) is 3. The second kappa shape index (κ2) is 7.22. The number of nitrogens with one attached hydrogen (secondary N) is 1. The molecule has 5 nitrogen and oxygen atoms in total. The van der Waals surface area contributed by atoms with Crippen LogP contribution >= 0.6 is 0 Å². The largest absolute Gasteiger partial charge is 0.416 e. The molecule has 1 fully saturated rings. The van der Waals surface area contributed by atoms with Crippen LogP contribution in [0.15, 0.2) is 48.5 Å². The number of nitrogens with zero attached hydrogens (tertiary/aromatic N) is 1. The Morgan fingerprint density at radius 1 is 1.04 bits per heavy atom. The third-order valence-corrected chi connectivity index (χ3v) is 6.06. The molecule has 2 aromatic carbocycles. The van der Waals surface area contributed by atoms with Crippen LogP contribution in [0.4, 0.5) is 24.5 Å². The first-order chi connectivity index (χ1) is 12.7. The summed E-state index contributed by atoms with van der Waals surface area (Å²) in [6.07, 6.45) is -3.20. The van der Waals surface area contributed by atoms with Gasteiger partial charge < -0.3 is 5.32 Å². The van der Waals surface area contributed by atoms with E-state index in [-0.39, 0.29) is 17.0 Å². The van der Waals surface area contributed by atoms with Crippen LogP contribution in [0.25, 0.3) is 0 Å². The van der Waals surface area contributed by atoms with Gasteiger partial charge in [0.05, 0.1) is 17.0 Å². The lowest BCUT2D eigenvalue weighted by molar-refractivity contribution is -0.137. The van der Waals surface area contributed by atoms with Gasteiger partial charge in [-0.2, -0.15) is 13.2 Å². The number of rotatable bonds is 3. The molecule has 0 saturated carbocycles. The molecule has 144 valence electrons. The maximum Gasteiger partial charge on any atom is 0.416 e. The zero-order valence-corrected chi connectivity index (χ0v) is 15.0. The molecule has 1 aliphatic rings. The summed E-state index contributed by atoms with van der Waals surface area (Å²) in [4.78, 5) is 12.4. The lowest BCUT2D eigenvalue weighted by Crippen LogP contribution is -2.37. The summed E-state index contributed by atoms with van der Waals surface area (Å²) >= 11 is 0. The smallest absolute Gasteiger partial charge is 0.322 e. The minimum absolute atomic E-state index is 0.00539. The summed E-state index contributed by atoms with van der Waals surface area (Å²) in [5, 5.41) is 2.41. The van der Waals surface area contributed by atoms with Crippen LogP contribution in [0.3, 0.4) is 0 Å². The molecule has 2 aromatic rings. The van der Waals surface area contributed by atoms with Gasteiger partial charge in [0.2, 0.25) is 10.0 Å². The third kappa shape index (κ3) is 4.41. The first-order valence-electron chi connectivity index (χ1n) is 8.26. The topological polar surface area (TPSA) is 66.5 Å². The summed E-state index contributed by atoms with van der Waals surface area (Å²) in [5.41, 5.74) is -0.337. The maximum atomic E-state index is 12.8. The van der Waals surface area contributed by atoms with Crippen LogP contribution in [0.5, 0.6) is 0 Å². The van der Waals surface area contributed by atoms with Gasteiger partial charge in [0, 0.05) is 17.8 Å². The molecule has 0 unspecified atom stereocenters. The summed E-state index contributed by atoms with van der Waals surface area (Å²) in [5.74, 6) is -0.571. The minimum Gasteiger partial charge on any atom is -0.322 e. The molecule has 1 aliphatic heterocycles. The average molecular weight is 398 g/mol. The van der Waals surface area contributed by atoms with E-state index in [9.17, 15) is 26.4 Å². The van der Waals surface area contributed by atoms with E-state index < -0.39 is 27.7 Å². The number of benzene rings is 2. The SMILES string of the molecule is O=C(Nc1cccc(C(F)(F)F)c1)c1cccc(N2CCCCS2(=O)=O)c1. The van der Waals surface area contributed by atoms with E-state index in [4.69, 9.17) is 0 Å². The highest BCUT2D eigenvalue weighted by molar-refractivity contribution is 7.92. The first-order valence-corrected chi connectivity index (χ1v) is 9.87. The number of sulfonamides is 1. The monoisotopic (exact) mass is 398 g/mol. The highest BCUT2D eigenvalue weighted by Gasteiger charge is 2.30. The van der Waals surface area contributed by atoms with Crippen LogP contribution in [-0.2, 0) is 16.2 Å². The van der Waals surface area contributed by atoms with Crippen molar-refractivity contribution >= 4 is 27.3 Å². The van der Waals surface area contributed by atoms with Gasteiger partial charge in [-0.05, 0) is 49.2 Å². The zero-order chi connectivity index (χ0) is 19.7. The number of hydrogen-bond donors (Lipinski definition) is 1. The molecular formula is C18H17F3N2O3S. The predicted molar refractivity (Wildman–Crippen MR) is 96.2 cm³/mol. The van der Waals surface area contributed by atoms with E-state index >= 15 is 0 Å². The Labute approximate surface area is 154 Å². The molecule has 0 atom stereocenters. The summed E-state index contributed by atoms with van der Waals surface area (Å²) in [6, 6.07) is 10.3. The van der Waals surface area contributed by atoms with Crippen molar-refractivity contribution in [3.05, 3.63) is 59.7 Å². The van der Waals surface area contributed by atoms with Crippen LogP contribution in [0.2, 0.25) is 0 Å². The Balaban J connectivity index is 1.82. The highest BCUT2D eigenvalue weighted by atomic mass is 32.2. The van der Waals surface area contributed by atoms with E-state index in [2.05, 4.69) is 5.32 Å². The lowest BCUT2D eigenvalue weighted by atomic mass is 10.1. The summed E-state index contributed by atoms with van der Waals surface area (Å²) in [7, 11) is -3.42. The molecule has 0 radical (unpaired) electrons. The Hall–Kier alpha value is -2.55. The number of carbonyl (C=O) groups is 1. The molecule has 1 amide bonds. The van der Waals surface area contributed by atoms with E-state index in [1.54, 1.807) is 12.1 Å². The number of carbonyl (C=O) groups excluding carboxylic acids is 1. The quantitative estimate of drug-likeness (QED) is 0.853. The molecule has 0 aromatic heterocycles. The highest BCUT2D eigenvalue weighted by Crippen LogP contribution is 2.31. The van der Waals surface area contributed by atoms with Gasteiger partial charge in [0.15, 0.2) is 0 Å². The molecule has 3 rings (SSSR count). The Morgan fingerprint density at radius 3 is 2.48 bits per heavy atom. The van der Waals surface area contributed by atoms with Crippen molar-refractivity contribution in [2.75, 3.05) is 21.9 Å². The lowest BCUT2D eigenvalue weighted by Gasteiger charge is -2.28. The van der Waals surface area contributed by atoms with Crippen molar-refractivity contribution in [3.63, 3.8) is 0 Å². The Morgan fingerprint density at radius 2 is 1.78 bits per heavy atom. The van der Waals surface area contributed by atoms with Crippen LogP contribution in [0.1, 0.15) is 28.8 Å². The van der Waals surface area contributed by atoms with Crippen LogP contribution in [-0.4, -0.2) is 26.6 Å². The fraction of sp³-hybridized carbons (Fsp3) is 0.278. The second-order valence-electron chi connectivity index (χ2n) is 6.18. The second-order valence-corrected chi connectivity index (χ2v) is 8.19. The van der Waals surface area contributed by atoms with E-state index in [0.29, 0.717) is 18.7 Å². The normalized spacial score (nSPS) is 16.8.